The Kier molecular flexibility index (Phi) is 12.5. The van der Waals surface area contributed by atoms with Crippen molar-refractivity contribution in [2.45, 2.75) is 110 Å². The number of nitrogens with zero attached hydrogens (tertiary/aromatic N) is 2. The molecule has 0 bridgehead atoms. The Morgan fingerprint density at radius 2 is 1.38 bits per heavy atom. The molecule has 2 atom stereocenters. The summed E-state index contributed by atoms with van der Waals surface area (Å²) in [6.45, 7) is 4.69. The molecule has 0 aliphatic rings. The van der Waals surface area contributed by atoms with Gasteiger partial charge in [0.15, 0.2) is 0 Å². The van der Waals surface area contributed by atoms with E-state index in [-0.39, 0.29) is 0 Å². The Hall–Kier alpha value is -1.57. The van der Waals surface area contributed by atoms with Crippen molar-refractivity contribution in [2.75, 3.05) is 0 Å². The maximum Gasteiger partial charge on any atom is 0.0948 e. The SMILES string of the molecule is CCCCCCCCCCCCCCC(C(C)Cc1ccccc1)n1ccnc1. The van der Waals surface area contributed by atoms with Gasteiger partial charge in [0.25, 0.3) is 0 Å². The summed E-state index contributed by atoms with van der Waals surface area (Å²) in [6, 6.07) is 11.5. The molecular formula is C27H44N2. The fourth-order valence-electron chi connectivity index (χ4n) is 4.51. The highest BCUT2D eigenvalue weighted by atomic mass is 15.1. The van der Waals surface area contributed by atoms with Gasteiger partial charge >= 0.3 is 0 Å². The summed E-state index contributed by atoms with van der Waals surface area (Å²) >= 11 is 0. The number of hydrogen-bond donors (Lipinski definition) is 0. The maximum atomic E-state index is 4.31. The van der Waals surface area contributed by atoms with Crippen LogP contribution in [0.5, 0.6) is 0 Å². The quantitative estimate of drug-likeness (QED) is 0.245. The highest BCUT2D eigenvalue weighted by molar-refractivity contribution is 5.15. The van der Waals surface area contributed by atoms with Crippen LogP contribution in [0, 0.1) is 5.92 Å². The van der Waals surface area contributed by atoms with Crippen LogP contribution in [0.25, 0.3) is 0 Å². The van der Waals surface area contributed by atoms with Crippen LogP contribution < -0.4 is 0 Å². The lowest BCUT2D eigenvalue weighted by Crippen LogP contribution is -2.18. The molecule has 1 heterocycles. The molecule has 0 N–H and O–H groups in total. The van der Waals surface area contributed by atoms with Crippen LogP contribution in [0.4, 0.5) is 0 Å². The van der Waals surface area contributed by atoms with Crippen molar-refractivity contribution in [3.05, 3.63) is 54.6 Å². The Morgan fingerprint density at radius 1 is 0.793 bits per heavy atom. The number of hydrogen-bond acceptors (Lipinski definition) is 1. The lowest BCUT2D eigenvalue weighted by molar-refractivity contribution is 0.318. The lowest BCUT2D eigenvalue weighted by Gasteiger charge is -2.25. The molecule has 162 valence electrons. The molecule has 0 saturated carbocycles. The molecule has 0 saturated heterocycles. The first-order valence-electron chi connectivity index (χ1n) is 12.3. The van der Waals surface area contributed by atoms with Gasteiger partial charge < -0.3 is 4.57 Å². The summed E-state index contributed by atoms with van der Waals surface area (Å²) in [7, 11) is 0. The van der Waals surface area contributed by atoms with Gasteiger partial charge in [0.05, 0.1) is 6.33 Å². The van der Waals surface area contributed by atoms with E-state index in [1.807, 2.05) is 12.5 Å². The van der Waals surface area contributed by atoms with Crippen molar-refractivity contribution in [3.8, 4) is 0 Å². The molecule has 2 heteroatoms. The van der Waals surface area contributed by atoms with Gasteiger partial charge in [0.2, 0.25) is 0 Å². The zero-order chi connectivity index (χ0) is 20.6. The van der Waals surface area contributed by atoms with E-state index in [1.165, 1.54) is 89.0 Å². The average molecular weight is 397 g/mol. The molecule has 2 unspecified atom stereocenters. The summed E-state index contributed by atoms with van der Waals surface area (Å²) in [6.07, 6.45) is 25.4. The third-order valence-electron chi connectivity index (χ3n) is 6.32. The van der Waals surface area contributed by atoms with Crippen molar-refractivity contribution in [1.29, 1.82) is 0 Å². The fourth-order valence-corrected chi connectivity index (χ4v) is 4.51. The highest BCUT2D eigenvalue weighted by Crippen LogP contribution is 2.27. The van der Waals surface area contributed by atoms with E-state index in [2.05, 4.69) is 59.9 Å². The van der Waals surface area contributed by atoms with Gasteiger partial charge in [-0.25, -0.2) is 4.98 Å². The standard InChI is InChI=1S/C27H44N2/c1-3-4-5-6-7-8-9-10-11-12-13-17-20-27(29-22-21-28-24-29)25(2)23-26-18-15-14-16-19-26/h14-16,18-19,21-22,24-25,27H,3-13,17,20,23H2,1-2H3. The van der Waals surface area contributed by atoms with Gasteiger partial charge in [-0.1, -0.05) is 121 Å². The average Bonchev–Trinajstić information content (AvgIpc) is 3.26. The second-order valence-electron chi connectivity index (χ2n) is 8.92. The van der Waals surface area contributed by atoms with Crippen molar-refractivity contribution < 1.29 is 0 Å². The minimum atomic E-state index is 0.556. The van der Waals surface area contributed by atoms with Gasteiger partial charge in [0, 0.05) is 18.4 Å². The van der Waals surface area contributed by atoms with Crippen molar-refractivity contribution in [3.63, 3.8) is 0 Å². The summed E-state index contributed by atoms with van der Waals surface area (Å²) in [5.41, 5.74) is 1.44. The van der Waals surface area contributed by atoms with Crippen LogP contribution in [0.2, 0.25) is 0 Å². The van der Waals surface area contributed by atoms with Crippen LogP contribution in [0.3, 0.4) is 0 Å². The Bertz CT molecular complexity index is 590. The van der Waals surface area contributed by atoms with Crippen LogP contribution in [0.1, 0.15) is 109 Å². The van der Waals surface area contributed by atoms with Gasteiger partial charge in [0.1, 0.15) is 0 Å². The van der Waals surface area contributed by atoms with Crippen molar-refractivity contribution in [2.24, 2.45) is 5.92 Å². The second-order valence-corrected chi connectivity index (χ2v) is 8.92. The predicted octanol–water partition coefficient (Wildman–Crippen LogP) is 8.39. The normalized spacial score (nSPS) is 13.4. The van der Waals surface area contributed by atoms with Crippen LogP contribution in [0.15, 0.2) is 49.1 Å². The van der Waals surface area contributed by atoms with E-state index in [0.29, 0.717) is 12.0 Å². The molecule has 1 aromatic heterocycles. The van der Waals surface area contributed by atoms with E-state index < -0.39 is 0 Å². The lowest BCUT2D eigenvalue weighted by atomic mass is 9.90. The number of benzene rings is 1. The molecule has 0 aliphatic heterocycles. The van der Waals surface area contributed by atoms with Gasteiger partial charge in [-0.2, -0.15) is 0 Å². The maximum absolute atomic E-state index is 4.31. The minimum Gasteiger partial charge on any atom is -0.334 e. The van der Waals surface area contributed by atoms with E-state index in [1.54, 1.807) is 0 Å². The van der Waals surface area contributed by atoms with Gasteiger partial charge in [-0.3, -0.25) is 0 Å². The highest BCUT2D eigenvalue weighted by Gasteiger charge is 2.18. The Balaban J connectivity index is 1.60. The molecule has 2 rings (SSSR count). The molecule has 2 nitrogen and oxygen atoms in total. The topological polar surface area (TPSA) is 17.8 Å². The number of unbranched alkanes of at least 4 members (excludes halogenated alkanes) is 11. The Morgan fingerprint density at radius 3 is 1.93 bits per heavy atom. The zero-order valence-electron chi connectivity index (χ0n) is 19.1. The van der Waals surface area contributed by atoms with E-state index in [9.17, 15) is 0 Å². The number of rotatable bonds is 17. The largest absolute Gasteiger partial charge is 0.334 e. The monoisotopic (exact) mass is 396 g/mol. The third kappa shape index (κ3) is 10.1. The molecule has 0 radical (unpaired) electrons. The summed E-state index contributed by atoms with van der Waals surface area (Å²) in [4.78, 5) is 4.31. The molecule has 1 aromatic carbocycles. The smallest absolute Gasteiger partial charge is 0.0948 e. The molecule has 0 fully saturated rings. The van der Waals surface area contributed by atoms with Crippen molar-refractivity contribution >= 4 is 0 Å². The zero-order valence-corrected chi connectivity index (χ0v) is 19.1. The van der Waals surface area contributed by atoms with Crippen molar-refractivity contribution in [1.82, 2.24) is 9.55 Å². The molecular weight excluding hydrogens is 352 g/mol. The summed E-state index contributed by atoms with van der Waals surface area (Å²) in [5, 5.41) is 0. The van der Waals surface area contributed by atoms with Crippen LogP contribution in [-0.4, -0.2) is 9.55 Å². The fraction of sp³-hybridized carbons (Fsp3) is 0.667. The molecule has 29 heavy (non-hydrogen) atoms. The molecule has 0 aliphatic carbocycles. The molecule has 0 spiro atoms. The molecule has 2 aromatic rings. The number of imidazole rings is 1. The van der Waals surface area contributed by atoms with E-state index in [4.69, 9.17) is 0 Å². The third-order valence-corrected chi connectivity index (χ3v) is 6.32. The number of aromatic nitrogens is 2. The predicted molar refractivity (Wildman–Crippen MR) is 126 cm³/mol. The van der Waals surface area contributed by atoms with E-state index >= 15 is 0 Å². The Labute approximate surface area is 180 Å². The first kappa shape index (κ1) is 23.7. The van der Waals surface area contributed by atoms with Crippen LogP contribution >= 0.6 is 0 Å². The first-order chi connectivity index (χ1) is 14.3. The summed E-state index contributed by atoms with van der Waals surface area (Å²) in [5.74, 6) is 0.624. The van der Waals surface area contributed by atoms with E-state index in [0.717, 1.165) is 6.42 Å². The van der Waals surface area contributed by atoms with Crippen LogP contribution in [-0.2, 0) is 6.42 Å². The molecule has 0 amide bonds. The minimum absolute atomic E-state index is 0.556. The van der Waals surface area contributed by atoms with Gasteiger partial charge in [-0.15, -0.1) is 0 Å². The van der Waals surface area contributed by atoms with Gasteiger partial charge in [-0.05, 0) is 24.3 Å². The first-order valence-corrected chi connectivity index (χ1v) is 12.3. The second kappa shape index (κ2) is 15.3. The summed E-state index contributed by atoms with van der Waals surface area (Å²) < 4.78 is 2.34.